The van der Waals surface area contributed by atoms with Crippen molar-refractivity contribution < 1.29 is 9.53 Å². The predicted molar refractivity (Wildman–Crippen MR) is 121 cm³/mol. The topological polar surface area (TPSA) is 81.9 Å². The predicted octanol–water partition coefficient (Wildman–Crippen LogP) is 5.31. The monoisotopic (exact) mass is 445 g/mol. The lowest BCUT2D eigenvalue weighted by Crippen LogP contribution is -2.16. The number of thioether (sulfide) groups is 1. The van der Waals surface area contributed by atoms with Gasteiger partial charge in [-0.25, -0.2) is 4.98 Å². The lowest BCUT2D eigenvalue weighted by molar-refractivity contribution is -0.113. The van der Waals surface area contributed by atoms with E-state index in [-0.39, 0.29) is 23.8 Å². The third-order valence-electron chi connectivity index (χ3n) is 4.43. The summed E-state index contributed by atoms with van der Waals surface area (Å²) in [5.41, 5.74) is 1.16. The van der Waals surface area contributed by atoms with Crippen molar-refractivity contribution in [3.05, 3.63) is 47.2 Å². The first-order valence-corrected chi connectivity index (χ1v) is 11.8. The molecule has 0 fully saturated rings. The first-order chi connectivity index (χ1) is 14.4. The molecule has 0 bridgehead atoms. The molecule has 0 aliphatic rings. The van der Waals surface area contributed by atoms with Gasteiger partial charge in [0.25, 0.3) is 0 Å². The van der Waals surface area contributed by atoms with Crippen molar-refractivity contribution in [1.82, 2.24) is 19.7 Å². The van der Waals surface area contributed by atoms with Gasteiger partial charge in [0, 0.05) is 17.6 Å². The first-order valence-electron chi connectivity index (χ1n) is 9.89. The number of anilines is 1. The van der Waals surface area contributed by atoms with Crippen LogP contribution in [0.2, 0.25) is 0 Å². The van der Waals surface area contributed by atoms with Crippen LogP contribution in [0.5, 0.6) is 5.75 Å². The molecule has 3 rings (SSSR count). The number of nitrogens with one attached hydrogen (secondary N) is 1. The second-order valence-corrected chi connectivity index (χ2v) is 9.27. The molecule has 0 saturated carbocycles. The number of rotatable bonds is 9. The van der Waals surface area contributed by atoms with Crippen molar-refractivity contribution in [2.75, 3.05) is 11.1 Å². The minimum Gasteiger partial charge on any atom is -0.482 e. The highest BCUT2D eigenvalue weighted by atomic mass is 32.2. The van der Waals surface area contributed by atoms with Crippen LogP contribution in [0.15, 0.2) is 41.0 Å². The van der Waals surface area contributed by atoms with Gasteiger partial charge in [-0.05, 0) is 38.3 Å². The average Bonchev–Trinajstić information content (AvgIpc) is 3.36. The summed E-state index contributed by atoms with van der Waals surface area (Å²) in [6.07, 6.45) is 1.38. The summed E-state index contributed by atoms with van der Waals surface area (Å²) in [4.78, 5) is 16.3. The second kappa shape index (κ2) is 10.1. The van der Waals surface area contributed by atoms with E-state index in [1.165, 1.54) is 23.1 Å². The minimum atomic E-state index is -0.279. The van der Waals surface area contributed by atoms with Crippen molar-refractivity contribution in [1.29, 1.82) is 0 Å². The average molecular weight is 446 g/mol. The highest BCUT2D eigenvalue weighted by Gasteiger charge is 2.23. The van der Waals surface area contributed by atoms with Crippen LogP contribution in [-0.2, 0) is 4.79 Å². The van der Waals surface area contributed by atoms with Crippen LogP contribution in [0.3, 0.4) is 0 Å². The number of para-hydroxylation sites is 1. The van der Waals surface area contributed by atoms with Crippen molar-refractivity contribution >= 4 is 34.1 Å². The van der Waals surface area contributed by atoms with Crippen molar-refractivity contribution in [3.8, 4) is 5.75 Å². The van der Waals surface area contributed by atoms with Crippen molar-refractivity contribution in [3.63, 3.8) is 0 Å². The molecule has 160 valence electrons. The Morgan fingerprint density at radius 2 is 1.97 bits per heavy atom. The van der Waals surface area contributed by atoms with Crippen LogP contribution < -0.4 is 10.1 Å². The van der Waals surface area contributed by atoms with E-state index in [1.807, 2.05) is 35.1 Å². The van der Waals surface area contributed by atoms with Gasteiger partial charge in [-0.3, -0.25) is 4.79 Å². The molecule has 1 aromatic carbocycles. The molecule has 0 spiro atoms. The Labute approximate surface area is 185 Å². The maximum absolute atomic E-state index is 12.2. The number of aromatic nitrogens is 4. The summed E-state index contributed by atoms with van der Waals surface area (Å²) in [5.74, 6) is 2.07. The van der Waals surface area contributed by atoms with Crippen molar-refractivity contribution in [2.45, 2.75) is 57.8 Å². The fraction of sp³-hybridized carbons (Fsp3) is 0.429. The third kappa shape index (κ3) is 5.40. The fourth-order valence-electron chi connectivity index (χ4n) is 3.03. The quantitative estimate of drug-likeness (QED) is 0.450. The maximum atomic E-state index is 12.2. The number of carbonyl (C=O) groups is 1. The Bertz CT molecular complexity index is 970. The Hall–Kier alpha value is -2.39. The molecule has 2 aromatic heterocycles. The molecule has 2 heterocycles. The van der Waals surface area contributed by atoms with Gasteiger partial charge in [0.1, 0.15) is 5.75 Å². The number of hydrogen-bond donors (Lipinski definition) is 1. The molecule has 0 aliphatic heterocycles. The molecule has 1 unspecified atom stereocenters. The van der Waals surface area contributed by atoms with Crippen LogP contribution >= 0.6 is 23.1 Å². The standard InChI is InChI=1S/C21H27N5O2S2/c1-13(2)16-8-6-7-9-17(16)28-15(5)19-24-25-21(26(19)14(3)4)30-12-18(27)23-20-22-10-11-29-20/h6-11,13-15H,12H2,1-5H3,(H,22,23,27). The highest BCUT2D eigenvalue weighted by Crippen LogP contribution is 2.31. The van der Waals surface area contributed by atoms with E-state index in [0.717, 1.165) is 17.1 Å². The molecule has 30 heavy (non-hydrogen) atoms. The van der Waals surface area contributed by atoms with E-state index < -0.39 is 0 Å². The van der Waals surface area contributed by atoms with E-state index in [9.17, 15) is 4.79 Å². The molecule has 0 aliphatic carbocycles. The number of amides is 1. The SMILES string of the molecule is CC(C)c1ccccc1OC(C)c1nnc(SCC(=O)Nc2nccs2)n1C(C)C. The molecule has 1 amide bonds. The molecular formula is C21H27N5O2S2. The molecule has 0 radical (unpaired) electrons. The Kier molecular flexibility index (Phi) is 7.49. The van der Waals surface area contributed by atoms with Gasteiger partial charge in [-0.2, -0.15) is 0 Å². The van der Waals surface area contributed by atoms with Gasteiger partial charge < -0.3 is 14.6 Å². The number of thiazole rings is 1. The maximum Gasteiger partial charge on any atom is 0.236 e. The van der Waals surface area contributed by atoms with Crippen molar-refractivity contribution in [2.24, 2.45) is 0 Å². The van der Waals surface area contributed by atoms with Gasteiger partial charge in [0.15, 0.2) is 22.2 Å². The Balaban J connectivity index is 1.73. The van der Waals surface area contributed by atoms with Gasteiger partial charge in [-0.15, -0.1) is 21.5 Å². The van der Waals surface area contributed by atoms with Gasteiger partial charge in [0.05, 0.1) is 5.75 Å². The number of benzene rings is 1. The normalized spacial score (nSPS) is 12.4. The molecule has 1 N–H and O–H groups in total. The summed E-state index contributed by atoms with van der Waals surface area (Å²) in [7, 11) is 0. The Morgan fingerprint density at radius 3 is 2.63 bits per heavy atom. The van der Waals surface area contributed by atoms with E-state index >= 15 is 0 Å². The summed E-state index contributed by atoms with van der Waals surface area (Å²) < 4.78 is 8.31. The van der Waals surface area contributed by atoms with Gasteiger partial charge >= 0.3 is 0 Å². The summed E-state index contributed by atoms with van der Waals surface area (Å²) >= 11 is 2.75. The summed E-state index contributed by atoms with van der Waals surface area (Å²) in [6.45, 7) is 10.4. The number of hydrogen-bond acceptors (Lipinski definition) is 7. The number of nitrogens with zero attached hydrogens (tertiary/aromatic N) is 4. The number of carbonyl (C=O) groups excluding carboxylic acids is 1. The van der Waals surface area contributed by atoms with Gasteiger partial charge in [0.2, 0.25) is 5.91 Å². The van der Waals surface area contributed by atoms with E-state index in [4.69, 9.17) is 4.74 Å². The molecular weight excluding hydrogens is 418 g/mol. The van der Waals surface area contributed by atoms with Crippen LogP contribution in [0, 0.1) is 0 Å². The molecule has 3 aromatic rings. The van der Waals surface area contributed by atoms with E-state index in [1.54, 1.807) is 6.20 Å². The number of ether oxygens (including phenoxy) is 1. The largest absolute Gasteiger partial charge is 0.482 e. The van der Waals surface area contributed by atoms with Gasteiger partial charge in [-0.1, -0.05) is 43.8 Å². The molecule has 9 heteroatoms. The smallest absolute Gasteiger partial charge is 0.236 e. The fourth-order valence-corrected chi connectivity index (χ4v) is 4.45. The van der Waals surface area contributed by atoms with Crippen LogP contribution in [0.25, 0.3) is 0 Å². The first kappa shape index (κ1) is 22.3. The minimum absolute atomic E-state index is 0.120. The van der Waals surface area contributed by atoms with Crippen LogP contribution in [0.4, 0.5) is 5.13 Å². The zero-order chi connectivity index (χ0) is 21.7. The van der Waals surface area contributed by atoms with E-state index in [2.05, 4.69) is 54.3 Å². The third-order valence-corrected chi connectivity index (χ3v) is 6.06. The van der Waals surface area contributed by atoms with E-state index in [0.29, 0.717) is 16.2 Å². The van der Waals surface area contributed by atoms with Crippen LogP contribution in [-0.4, -0.2) is 31.4 Å². The Morgan fingerprint density at radius 1 is 1.20 bits per heavy atom. The zero-order valence-electron chi connectivity index (χ0n) is 17.8. The molecule has 7 nitrogen and oxygen atoms in total. The lowest BCUT2D eigenvalue weighted by Gasteiger charge is -2.21. The molecule has 1 atom stereocenters. The summed E-state index contributed by atoms with van der Waals surface area (Å²) in [6, 6.07) is 8.20. The summed E-state index contributed by atoms with van der Waals surface area (Å²) in [5, 5.41) is 14.6. The van der Waals surface area contributed by atoms with Crippen LogP contribution in [0.1, 0.15) is 64.1 Å². The molecule has 0 saturated heterocycles. The second-order valence-electron chi connectivity index (χ2n) is 7.43. The zero-order valence-corrected chi connectivity index (χ0v) is 19.5. The highest BCUT2D eigenvalue weighted by molar-refractivity contribution is 7.99. The lowest BCUT2D eigenvalue weighted by atomic mass is 10.0.